The van der Waals surface area contributed by atoms with Crippen LogP contribution in [0.2, 0.25) is 0 Å². The van der Waals surface area contributed by atoms with Crippen LogP contribution in [0, 0.1) is 5.92 Å². The number of piperidine rings is 1. The van der Waals surface area contributed by atoms with Crippen LogP contribution in [0.15, 0.2) is 66.7 Å². The van der Waals surface area contributed by atoms with Gasteiger partial charge in [-0.1, -0.05) is 54.6 Å². The van der Waals surface area contributed by atoms with Crippen LogP contribution in [0.3, 0.4) is 0 Å². The fraction of sp³-hybridized carbons (Fsp3) is 0.333. The number of carbonyl (C=O) groups is 2. The zero-order valence-electron chi connectivity index (χ0n) is 16.8. The van der Waals surface area contributed by atoms with Crippen LogP contribution in [-0.2, 0) is 19.9 Å². The minimum atomic E-state index is -1.24. The molecule has 1 unspecified atom stereocenters. The van der Waals surface area contributed by atoms with Gasteiger partial charge in [-0.15, -0.1) is 0 Å². The number of amides is 2. The molecule has 7 rings (SSSR count). The average molecular weight is 402 g/mol. The van der Waals surface area contributed by atoms with Gasteiger partial charge in [0, 0.05) is 18.6 Å². The van der Waals surface area contributed by atoms with Crippen LogP contribution in [0.4, 0.5) is 5.69 Å². The highest BCUT2D eigenvalue weighted by molar-refractivity contribution is 6.44. The minimum Gasteiger partial charge on any atom is -0.385 e. The van der Waals surface area contributed by atoms with Crippen LogP contribution in [0.25, 0.3) is 0 Å². The highest BCUT2D eigenvalue weighted by atomic mass is 16.5. The lowest BCUT2D eigenvalue weighted by molar-refractivity contribution is -0.195. The van der Waals surface area contributed by atoms with Crippen LogP contribution in [-0.4, -0.2) is 40.2 Å². The molecular formula is C24H22N2O4. The summed E-state index contributed by atoms with van der Waals surface area (Å²) in [5.41, 5.74) is -0.993. The third-order valence-electron chi connectivity index (χ3n) is 7.58. The first-order valence-corrected chi connectivity index (χ1v) is 10.2. The van der Waals surface area contributed by atoms with Crippen molar-refractivity contribution in [2.75, 3.05) is 12.0 Å². The Hall–Kier alpha value is -2.96. The molecule has 2 fully saturated rings. The first-order chi connectivity index (χ1) is 14.4. The van der Waals surface area contributed by atoms with Gasteiger partial charge in [0.2, 0.25) is 0 Å². The van der Waals surface area contributed by atoms with E-state index in [0.717, 1.165) is 5.56 Å². The van der Waals surface area contributed by atoms with Gasteiger partial charge in [-0.05, 0) is 31.1 Å². The third kappa shape index (κ3) is 1.75. The van der Waals surface area contributed by atoms with Crippen molar-refractivity contribution in [3.05, 3.63) is 77.9 Å². The topological polar surface area (TPSA) is 70.1 Å². The Bertz CT molecular complexity index is 1130. The van der Waals surface area contributed by atoms with Crippen molar-refractivity contribution in [2.24, 2.45) is 5.92 Å². The van der Waals surface area contributed by atoms with E-state index in [0.29, 0.717) is 17.7 Å². The van der Waals surface area contributed by atoms with Gasteiger partial charge >= 0.3 is 11.8 Å². The molecule has 4 heterocycles. The Morgan fingerprint density at radius 3 is 2.43 bits per heavy atom. The predicted molar refractivity (Wildman–Crippen MR) is 109 cm³/mol. The molecule has 1 N–H and O–H groups in total. The molecule has 2 bridgehead atoms. The number of rotatable bonds is 2. The number of ether oxygens (including phenoxy) is 1. The molecule has 4 aliphatic heterocycles. The second kappa shape index (κ2) is 5.39. The van der Waals surface area contributed by atoms with Gasteiger partial charge in [-0.25, -0.2) is 0 Å². The summed E-state index contributed by atoms with van der Waals surface area (Å²) in [5, 5.41) is 11.8. The molecule has 0 saturated carbocycles. The van der Waals surface area contributed by atoms with Gasteiger partial charge in [0.25, 0.3) is 0 Å². The second-order valence-corrected chi connectivity index (χ2v) is 8.83. The van der Waals surface area contributed by atoms with Crippen molar-refractivity contribution in [3.8, 4) is 0 Å². The van der Waals surface area contributed by atoms with Crippen LogP contribution < -0.4 is 4.90 Å². The van der Waals surface area contributed by atoms with Crippen LogP contribution >= 0.6 is 0 Å². The molecule has 152 valence electrons. The predicted octanol–water partition coefficient (Wildman–Crippen LogP) is 2.50. The monoisotopic (exact) mass is 402 g/mol. The number of methoxy groups -OCH3 is 1. The maximum atomic E-state index is 13.5. The zero-order valence-corrected chi connectivity index (χ0v) is 16.8. The number of fused-ring (bicyclic) bond motifs is 2. The zero-order chi connectivity index (χ0) is 20.9. The SMILES string of the molecule is CO[C@]12C=CC34[C@@H](C1)[C@](C)(O)c1ccccc1N3C(=O)C(=O)N4[C@@H]2c1ccccc1. The van der Waals surface area contributed by atoms with E-state index in [1.165, 1.54) is 0 Å². The lowest BCUT2D eigenvalue weighted by Crippen LogP contribution is -2.75. The molecule has 0 aromatic heterocycles. The van der Waals surface area contributed by atoms with Crippen molar-refractivity contribution in [1.82, 2.24) is 4.90 Å². The molecule has 0 radical (unpaired) electrons. The van der Waals surface area contributed by atoms with Gasteiger partial charge in [0.1, 0.15) is 11.3 Å². The summed E-state index contributed by atoms with van der Waals surface area (Å²) >= 11 is 0. The quantitative estimate of drug-likeness (QED) is 0.619. The van der Waals surface area contributed by atoms with Gasteiger partial charge in [0.05, 0.1) is 17.3 Å². The van der Waals surface area contributed by atoms with E-state index in [1.54, 1.807) is 23.8 Å². The Balaban J connectivity index is 1.69. The number of hydrogen-bond donors (Lipinski definition) is 1. The Morgan fingerprint density at radius 2 is 1.70 bits per heavy atom. The summed E-state index contributed by atoms with van der Waals surface area (Å²) in [7, 11) is 1.63. The van der Waals surface area contributed by atoms with Gasteiger partial charge in [-0.2, -0.15) is 0 Å². The fourth-order valence-electron chi connectivity index (χ4n) is 6.30. The van der Waals surface area contributed by atoms with Gasteiger partial charge in [0.15, 0.2) is 0 Å². The first-order valence-electron chi connectivity index (χ1n) is 10.2. The molecule has 2 aromatic rings. The number of nitrogens with zero attached hydrogens (tertiary/aromatic N) is 2. The smallest absolute Gasteiger partial charge is 0.318 e. The first kappa shape index (κ1) is 17.9. The Labute approximate surface area is 174 Å². The van der Waals surface area contributed by atoms with Crippen molar-refractivity contribution in [3.63, 3.8) is 0 Å². The molecular weight excluding hydrogens is 380 g/mol. The van der Waals surface area contributed by atoms with E-state index in [-0.39, 0.29) is 0 Å². The number of carbonyl (C=O) groups excluding carboxylic acids is 2. The summed E-state index contributed by atoms with van der Waals surface area (Å²) in [6, 6.07) is 16.5. The molecule has 5 aliphatic rings. The van der Waals surface area contributed by atoms with E-state index in [1.807, 2.05) is 66.7 Å². The number of benzene rings is 2. The summed E-state index contributed by atoms with van der Waals surface area (Å²) in [5.74, 6) is -1.56. The Morgan fingerprint density at radius 1 is 1.00 bits per heavy atom. The van der Waals surface area contributed by atoms with Crippen LogP contribution in [0.5, 0.6) is 0 Å². The second-order valence-electron chi connectivity index (χ2n) is 8.83. The van der Waals surface area contributed by atoms with Crippen molar-refractivity contribution in [2.45, 2.75) is 36.3 Å². The van der Waals surface area contributed by atoms with E-state index < -0.39 is 40.6 Å². The minimum absolute atomic E-state index is 0.430. The maximum absolute atomic E-state index is 13.5. The molecule has 30 heavy (non-hydrogen) atoms. The van der Waals surface area contributed by atoms with E-state index in [9.17, 15) is 14.7 Å². The highest BCUT2D eigenvalue weighted by Gasteiger charge is 2.75. The summed E-state index contributed by atoms with van der Waals surface area (Å²) in [6.45, 7) is 1.78. The summed E-state index contributed by atoms with van der Waals surface area (Å²) in [6.07, 6.45) is 4.37. The van der Waals surface area contributed by atoms with Gasteiger partial charge in [-0.3, -0.25) is 19.4 Å². The highest BCUT2D eigenvalue weighted by Crippen LogP contribution is 2.66. The Kier molecular flexibility index (Phi) is 3.21. The molecule has 2 aromatic carbocycles. The van der Waals surface area contributed by atoms with Gasteiger partial charge < -0.3 is 9.84 Å². The lowest BCUT2D eigenvalue weighted by atomic mass is 9.57. The average Bonchev–Trinajstić information content (AvgIpc) is 3.00. The largest absolute Gasteiger partial charge is 0.385 e. The molecule has 6 nitrogen and oxygen atoms in total. The summed E-state index contributed by atoms with van der Waals surface area (Å²) < 4.78 is 6.07. The maximum Gasteiger partial charge on any atom is 0.318 e. The fourth-order valence-corrected chi connectivity index (χ4v) is 6.30. The molecule has 1 aliphatic carbocycles. The number of aliphatic hydroxyl groups is 1. The molecule has 6 heteroatoms. The third-order valence-corrected chi connectivity index (χ3v) is 7.58. The number of anilines is 1. The lowest BCUT2D eigenvalue weighted by Gasteiger charge is -2.66. The van der Waals surface area contributed by atoms with Crippen molar-refractivity contribution < 1.29 is 19.4 Å². The molecule has 2 amide bonds. The number of hydrogen-bond acceptors (Lipinski definition) is 4. The molecule has 5 atom stereocenters. The number of para-hydroxylation sites is 1. The standard InChI is InChI=1S/C24H22N2O4/c1-22(29)16-10-6-7-11-17(16)25-20(27)21(28)26-19(15-8-4-3-5-9-15)23(30-2)12-13-24(25,26)18(22)14-23/h3-13,18-19,29H,14H2,1-2H3/t18-,19+,22+,23+,24?/m0/s1. The normalized spacial score (nSPS) is 38.1. The van der Waals surface area contributed by atoms with E-state index >= 15 is 0 Å². The molecule has 1 spiro atoms. The molecule has 2 saturated heterocycles. The van der Waals surface area contributed by atoms with E-state index in [4.69, 9.17) is 4.74 Å². The summed E-state index contributed by atoms with van der Waals surface area (Å²) in [4.78, 5) is 30.1. The van der Waals surface area contributed by atoms with Crippen LogP contribution in [0.1, 0.15) is 30.5 Å². The van der Waals surface area contributed by atoms with Crippen molar-refractivity contribution in [1.29, 1.82) is 0 Å². The van der Waals surface area contributed by atoms with Crippen molar-refractivity contribution >= 4 is 17.5 Å². The van der Waals surface area contributed by atoms with E-state index in [2.05, 4.69) is 0 Å².